The summed E-state index contributed by atoms with van der Waals surface area (Å²) in [4.78, 5) is 15.3. The first-order valence-electron chi connectivity index (χ1n) is 12.2. The SMILES string of the molecule is CC1(c2cccc(C(=O)O)c2)CC1c1ccc(OC/C(C(=N)c2c(Cl)cncc2Cl)=C(/O)C2CC2)cc1Cl. The molecule has 3 N–H and O–H groups in total. The summed E-state index contributed by atoms with van der Waals surface area (Å²) in [5.74, 6) is -0.207. The lowest BCUT2D eigenvalue weighted by Crippen LogP contribution is -2.16. The summed E-state index contributed by atoms with van der Waals surface area (Å²) in [5.41, 5.74) is 2.59. The van der Waals surface area contributed by atoms with Crippen molar-refractivity contribution >= 4 is 46.5 Å². The Morgan fingerprint density at radius 1 is 1.08 bits per heavy atom. The lowest BCUT2D eigenvalue weighted by molar-refractivity contribution is 0.0696. The molecular weight excluding hydrogens is 547 g/mol. The van der Waals surface area contributed by atoms with E-state index in [1.165, 1.54) is 12.4 Å². The van der Waals surface area contributed by atoms with E-state index < -0.39 is 5.97 Å². The number of hydrogen-bond acceptors (Lipinski definition) is 5. The van der Waals surface area contributed by atoms with Crippen molar-refractivity contribution in [3.05, 3.63) is 104 Å². The van der Waals surface area contributed by atoms with Crippen molar-refractivity contribution in [2.45, 2.75) is 37.5 Å². The minimum absolute atomic E-state index is 0.00754. The number of rotatable bonds is 9. The molecule has 2 aromatic carbocycles. The molecule has 2 aliphatic rings. The van der Waals surface area contributed by atoms with E-state index in [1.807, 2.05) is 18.2 Å². The van der Waals surface area contributed by atoms with Gasteiger partial charge in [0.05, 0.1) is 26.9 Å². The van der Waals surface area contributed by atoms with Crippen LogP contribution in [0.5, 0.6) is 5.75 Å². The monoisotopic (exact) mass is 570 g/mol. The summed E-state index contributed by atoms with van der Waals surface area (Å²) in [7, 11) is 0. The Hall–Kier alpha value is -3.06. The molecule has 1 heterocycles. The Bertz CT molecular complexity index is 1460. The van der Waals surface area contributed by atoms with Crippen LogP contribution in [0, 0.1) is 11.3 Å². The lowest BCUT2D eigenvalue weighted by atomic mass is 9.91. The fourth-order valence-corrected chi connectivity index (χ4v) is 5.71. The number of ether oxygens (including phenoxy) is 1. The van der Waals surface area contributed by atoms with E-state index >= 15 is 0 Å². The second kappa shape index (κ2) is 10.3. The Labute approximate surface area is 235 Å². The minimum atomic E-state index is -0.949. The number of benzene rings is 2. The molecule has 0 saturated heterocycles. The molecular formula is C29H25Cl3N2O4. The third-order valence-electron chi connectivity index (χ3n) is 7.42. The van der Waals surface area contributed by atoms with Gasteiger partial charge in [-0.05, 0) is 60.6 Å². The van der Waals surface area contributed by atoms with Crippen LogP contribution in [0.2, 0.25) is 15.1 Å². The van der Waals surface area contributed by atoms with Crippen molar-refractivity contribution in [3.63, 3.8) is 0 Å². The van der Waals surface area contributed by atoms with Crippen molar-refractivity contribution in [1.29, 1.82) is 5.41 Å². The number of hydrogen-bond donors (Lipinski definition) is 3. The highest BCUT2D eigenvalue weighted by Gasteiger charge is 2.52. The van der Waals surface area contributed by atoms with Crippen molar-refractivity contribution < 1.29 is 19.7 Å². The third kappa shape index (κ3) is 5.13. The zero-order chi connectivity index (χ0) is 27.2. The van der Waals surface area contributed by atoms with Crippen LogP contribution in [-0.2, 0) is 5.41 Å². The fourth-order valence-electron chi connectivity index (χ4n) is 4.86. The predicted octanol–water partition coefficient (Wildman–Crippen LogP) is 7.85. The first kappa shape index (κ1) is 26.5. The molecule has 2 saturated carbocycles. The number of aromatic nitrogens is 1. The first-order chi connectivity index (χ1) is 18.1. The van der Waals surface area contributed by atoms with Gasteiger partial charge in [-0.25, -0.2) is 4.79 Å². The predicted molar refractivity (Wildman–Crippen MR) is 149 cm³/mol. The van der Waals surface area contributed by atoms with E-state index in [0.717, 1.165) is 30.4 Å². The number of carboxylic acids is 1. The standard InChI is InChI=1S/C29H25Cl3N2O4/c1-29(17-4-2-3-16(9-17)28(36)37)11-21(29)19-8-7-18(10-22(19)30)38-14-20(27(35)15-5-6-15)26(33)25-23(31)12-34-13-24(25)32/h2-4,7-10,12-13,15,21,33,35H,5-6,11,14H2,1H3,(H,36,37)/b27-20-,33-26?. The molecule has 1 aromatic heterocycles. The Morgan fingerprint density at radius 2 is 1.79 bits per heavy atom. The molecule has 2 unspecified atom stereocenters. The molecule has 196 valence electrons. The van der Waals surface area contributed by atoms with E-state index in [9.17, 15) is 15.0 Å². The number of nitrogens with one attached hydrogen (secondary N) is 1. The molecule has 0 bridgehead atoms. The maximum atomic E-state index is 11.4. The number of aliphatic hydroxyl groups is 1. The number of allylic oxidation sites excluding steroid dienone is 1. The van der Waals surface area contributed by atoms with E-state index in [2.05, 4.69) is 11.9 Å². The highest BCUT2D eigenvalue weighted by molar-refractivity contribution is 6.41. The lowest BCUT2D eigenvalue weighted by Gasteiger charge is -2.17. The molecule has 0 amide bonds. The summed E-state index contributed by atoms with van der Waals surface area (Å²) in [6.07, 6.45) is 5.35. The second-order valence-corrected chi connectivity index (χ2v) is 11.2. The number of halogens is 3. The maximum Gasteiger partial charge on any atom is 0.335 e. The number of pyridine rings is 1. The van der Waals surface area contributed by atoms with Crippen LogP contribution >= 0.6 is 34.8 Å². The topological polar surface area (TPSA) is 104 Å². The van der Waals surface area contributed by atoms with Gasteiger partial charge in [0.1, 0.15) is 18.1 Å². The van der Waals surface area contributed by atoms with Gasteiger partial charge in [0.2, 0.25) is 0 Å². The van der Waals surface area contributed by atoms with Crippen LogP contribution in [0.25, 0.3) is 0 Å². The molecule has 0 spiro atoms. The molecule has 9 heteroatoms. The average molecular weight is 572 g/mol. The third-order valence-corrected chi connectivity index (χ3v) is 8.32. The van der Waals surface area contributed by atoms with Crippen LogP contribution in [0.15, 0.2) is 66.2 Å². The number of carboxylic acid groups (broad SMARTS) is 1. The Kier molecular flexibility index (Phi) is 7.16. The van der Waals surface area contributed by atoms with E-state index in [0.29, 0.717) is 21.9 Å². The van der Waals surface area contributed by atoms with Crippen LogP contribution in [-0.4, -0.2) is 33.5 Å². The fraction of sp³-hybridized carbons (Fsp3) is 0.276. The summed E-state index contributed by atoms with van der Waals surface area (Å²) >= 11 is 19.2. The highest BCUT2D eigenvalue weighted by atomic mass is 35.5. The summed E-state index contributed by atoms with van der Waals surface area (Å²) in [6, 6.07) is 12.5. The van der Waals surface area contributed by atoms with Crippen LogP contribution in [0.3, 0.4) is 0 Å². The van der Waals surface area contributed by atoms with Crippen molar-refractivity contribution in [2.75, 3.05) is 6.61 Å². The van der Waals surface area contributed by atoms with E-state index in [4.69, 9.17) is 44.9 Å². The van der Waals surface area contributed by atoms with Gasteiger partial charge >= 0.3 is 5.97 Å². The molecule has 38 heavy (non-hydrogen) atoms. The van der Waals surface area contributed by atoms with Gasteiger partial charge in [0.15, 0.2) is 0 Å². The molecule has 2 atom stereocenters. The van der Waals surface area contributed by atoms with Gasteiger partial charge in [0.25, 0.3) is 0 Å². The minimum Gasteiger partial charge on any atom is -0.512 e. The molecule has 6 nitrogen and oxygen atoms in total. The van der Waals surface area contributed by atoms with Crippen LogP contribution < -0.4 is 4.74 Å². The van der Waals surface area contributed by atoms with Gasteiger partial charge < -0.3 is 14.9 Å². The number of carbonyl (C=O) groups is 1. The quantitative estimate of drug-likeness (QED) is 0.179. The first-order valence-corrected chi connectivity index (χ1v) is 13.3. The normalized spacial score (nSPS) is 21.0. The Balaban J connectivity index is 1.34. The largest absolute Gasteiger partial charge is 0.512 e. The number of aliphatic hydroxyl groups excluding tert-OH is 1. The average Bonchev–Trinajstić information content (AvgIpc) is 3.81. The van der Waals surface area contributed by atoms with Crippen molar-refractivity contribution in [2.24, 2.45) is 5.92 Å². The highest BCUT2D eigenvalue weighted by Crippen LogP contribution is 2.61. The van der Waals surface area contributed by atoms with E-state index in [1.54, 1.807) is 24.3 Å². The van der Waals surface area contributed by atoms with Gasteiger partial charge in [-0.15, -0.1) is 0 Å². The summed E-state index contributed by atoms with van der Waals surface area (Å²) in [6.45, 7) is 2.05. The van der Waals surface area contributed by atoms with Crippen molar-refractivity contribution in [1.82, 2.24) is 4.98 Å². The summed E-state index contributed by atoms with van der Waals surface area (Å²) < 4.78 is 5.99. The smallest absolute Gasteiger partial charge is 0.335 e. The molecule has 2 fully saturated rings. The number of aromatic carboxylic acids is 1. The molecule has 2 aliphatic carbocycles. The second-order valence-electron chi connectivity index (χ2n) is 10.0. The van der Waals surface area contributed by atoms with Gasteiger partial charge in [-0.2, -0.15) is 0 Å². The number of nitrogens with zero attached hydrogens (tertiary/aromatic N) is 1. The van der Waals surface area contributed by atoms with Gasteiger partial charge in [-0.3, -0.25) is 10.4 Å². The van der Waals surface area contributed by atoms with Crippen LogP contribution in [0.4, 0.5) is 0 Å². The molecule has 0 radical (unpaired) electrons. The van der Waals surface area contributed by atoms with Gasteiger partial charge in [-0.1, -0.05) is 59.9 Å². The summed E-state index contributed by atoms with van der Waals surface area (Å²) in [5, 5.41) is 29.9. The van der Waals surface area contributed by atoms with Crippen molar-refractivity contribution in [3.8, 4) is 5.75 Å². The zero-order valence-corrected chi connectivity index (χ0v) is 22.7. The van der Waals surface area contributed by atoms with Crippen LogP contribution in [0.1, 0.15) is 59.2 Å². The molecule has 5 rings (SSSR count). The van der Waals surface area contributed by atoms with Gasteiger partial charge in [0, 0.05) is 34.3 Å². The molecule has 3 aromatic rings. The van der Waals surface area contributed by atoms with E-state index in [-0.39, 0.29) is 50.9 Å². The molecule has 0 aliphatic heterocycles. The maximum absolute atomic E-state index is 11.4. The Morgan fingerprint density at radius 3 is 2.42 bits per heavy atom. The zero-order valence-electron chi connectivity index (χ0n) is 20.5.